The molecule has 5 nitrogen and oxygen atoms in total. The molecule has 2 aromatic rings. The van der Waals surface area contributed by atoms with Crippen molar-refractivity contribution in [3.63, 3.8) is 0 Å². The Bertz CT molecular complexity index is 972. The molecule has 2 aromatic carbocycles. The molecule has 1 atom stereocenters. The van der Waals surface area contributed by atoms with Gasteiger partial charge in [-0.2, -0.15) is 4.39 Å². The number of unbranched alkanes of at least 4 members (excludes halogenated alkanes) is 1. The SMILES string of the molecule is CCCCC1CN(c2ccccc2)c2cc(SC)c(O/C=C(\F)C(=O)OCC)cc2SN1C. The van der Waals surface area contributed by atoms with Gasteiger partial charge >= 0.3 is 5.97 Å². The number of rotatable bonds is 9. The number of carbonyl (C=O) groups is 1. The number of anilines is 2. The molecule has 1 aliphatic rings. The van der Waals surface area contributed by atoms with Gasteiger partial charge in [0.15, 0.2) is 0 Å². The molecule has 0 N–H and O–H groups in total. The monoisotopic (exact) mass is 490 g/mol. The lowest BCUT2D eigenvalue weighted by Gasteiger charge is -2.30. The third kappa shape index (κ3) is 6.46. The average molecular weight is 491 g/mol. The predicted octanol–water partition coefficient (Wildman–Crippen LogP) is 6.81. The molecule has 33 heavy (non-hydrogen) atoms. The molecule has 0 fully saturated rings. The Morgan fingerprint density at radius 2 is 2.03 bits per heavy atom. The van der Waals surface area contributed by atoms with Crippen LogP contribution in [0.3, 0.4) is 0 Å². The molecule has 0 aromatic heterocycles. The van der Waals surface area contributed by atoms with Crippen LogP contribution < -0.4 is 9.64 Å². The summed E-state index contributed by atoms with van der Waals surface area (Å²) in [4.78, 5) is 15.8. The topological polar surface area (TPSA) is 42.0 Å². The summed E-state index contributed by atoms with van der Waals surface area (Å²) < 4.78 is 26.7. The summed E-state index contributed by atoms with van der Waals surface area (Å²) in [6, 6.07) is 14.7. The van der Waals surface area contributed by atoms with Gasteiger partial charge in [-0.1, -0.05) is 38.0 Å². The van der Waals surface area contributed by atoms with Gasteiger partial charge in [0, 0.05) is 18.3 Å². The molecule has 0 saturated heterocycles. The number of thioether (sulfide) groups is 1. The first-order valence-electron chi connectivity index (χ1n) is 11.1. The van der Waals surface area contributed by atoms with Crippen LogP contribution in [0, 0.1) is 0 Å². The predicted molar refractivity (Wildman–Crippen MR) is 135 cm³/mol. The first-order chi connectivity index (χ1) is 16.0. The number of hydrogen-bond acceptors (Lipinski definition) is 7. The molecule has 3 rings (SSSR count). The Labute approximate surface area is 204 Å². The maximum absolute atomic E-state index is 14.1. The van der Waals surface area contributed by atoms with Crippen molar-refractivity contribution in [1.29, 1.82) is 0 Å². The van der Waals surface area contributed by atoms with E-state index < -0.39 is 11.8 Å². The molecule has 178 valence electrons. The minimum atomic E-state index is -1.06. The van der Waals surface area contributed by atoms with Crippen molar-refractivity contribution >= 4 is 41.1 Å². The first-order valence-corrected chi connectivity index (χ1v) is 13.1. The average Bonchev–Trinajstić information content (AvgIpc) is 2.96. The molecule has 0 spiro atoms. The molecule has 1 unspecified atom stereocenters. The van der Waals surface area contributed by atoms with Gasteiger partial charge in [-0.05, 0) is 62.9 Å². The van der Waals surface area contributed by atoms with Gasteiger partial charge < -0.3 is 14.4 Å². The number of likely N-dealkylation sites (N-methyl/N-ethyl adjacent to an activating group) is 1. The zero-order valence-corrected chi connectivity index (χ0v) is 21.2. The second-order valence-electron chi connectivity index (χ2n) is 7.65. The normalized spacial score (nSPS) is 16.8. The second-order valence-corrected chi connectivity index (χ2v) is 9.70. The van der Waals surface area contributed by atoms with Gasteiger partial charge in [0.05, 0.1) is 22.1 Å². The molecule has 0 bridgehead atoms. The first kappa shape index (κ1) is 25.5. The summed E-state index contributed by atoms with van der Waals surface area (Å²) in [7, 11) is 2.12. The number of para-hydroxylation sites is 1. The van der Waals surface area contributed by atoms with Crippen LogP contribution in [0.15, 0.2) is 64.3 Å². The van der Waals surface area contributed by atoms with Gasteiger partial charge in [-0.3, -0.25) is 0 Å². The van der Waals surface area contributed by atoms with Crippen LogP contribution in [-0.2, 0) is 9.53 Å². The molecule has 0 aliphatic carbocycles. The van der Waals surface area contributed by atoms with Gasteiger partial charge in [-0.25, -0.2) is 9.10 Å². The fourth-order valence-corrected chi connectivity index (χ4v) is 5.24. The third-order valence-corrected chi connectivity index (χ3v) is 7.27. The number of halogens is 1. The zero-order chi connectivity index (χ0) is 23.8. The lowest BCUT2D eigenvalue weighted by atomic mass is 10.1. The van der Waals surface area contributed by atoms with E-state index in [1.165, 1.54) is 11.8 Å². The highest BCUT2D eigenvalue weighted by atomic mass is 32.2. The maximum Gasteiger partial charge on any atom is 0.370 e. The van der Waals surface area contributed by atoms with Crippen molar-refractivity contribution in [3.05, 3.63) is 54.6 Å². The van der Waals surface area contributed by atoms with E-state index in [1.54, 1.807) is 18.9 Å². The lowest BCUT2D eigenvalue weighted by Crippen LogP contribution is -2.35. The van der Waals surface area contributed by atoms with E-state index in [4.69, 9.17) is 9.47 Å². The summed E-state index contributed by atoms with van der Waals surface area (Å²) in [5.74, 6) is -1.59. The summed E-state index contributed by atoms with van der Waals surface area (Å²) in [5, 5.41) is 0. The summed E-state index contributed by atoms with van der Waals surface area (Å²) in [6.45, 7) is 4.81. The highest BCUT2D eigenvalue weighted by Gasteiger charge is 2.28. The van der Waals surface area contributed by atoms with E-state index in [-0.39, 0.29) is 6.61 Å². The Morgan fingerprint density at radius 3 is 2.70 bits per heavy atom. The van der Waals surface area contributed by atoms with Crippen molar-refractivity contribution in [2.75, 3.05) is 31.4 Å². The number of carbonyl (C=O) groups excluding carboxylic acids is 1. The molecule has 0 radical (unpaired) electrons. The third-order valence-electron chi connectivity index (χ3n) is 5.40. The zero-order valence-electron chi connectivity index (χ0n) is 19.5. The molecule has 0 amide bonds. The number of nitrogens with zero attached hydrogens (tertiary/aromatic N) is 2. The molecular formula is C25H31FN2O3S2. The van der Waals surface area contributed by atoms with Crippen molar-refractivity contribution < 1.29 is 18.7 Å². The Hall–Kier alpha value is -2.16. The van der Waals surface area contributed by atoms with E-state index >= 15 is 0 Å². The van der Waals surface area contributed by atoms with E-state index in [2.05, 4.69) is 41.4 Å². The van der Waals surface area contributed by atoms with E-state index in [1.807, 2.05) is 30.5 Å². The highest BCUT2D eigenvalue weighted by Crippen LogP contribution is 2.45. The van der Waals surface area contributed by atoms with Crippen LogP contribution in [0.4, 0.5) is 15.8 Å². The summed E-state index contributed by atoms with van der Waals surface area (Å²) >= 11 is 3.18. The van der Waals surface area contributed by atoms with Crippen molar-refractivity contribution in [1.82, 2.24) is 4.31 Å². The van der Waals surface area contributed by atoms with Crippen molar-refractivity contribution in [2.45, 2.75) is 48.9 Å². The minimum absolute atomic E-state index is 0.104. The number of fused-ring (bicyclic) bond motifs is 1. The smallest absolute Gasteiger partial charge is 0.370 e. The van der Waals surface area contributed by atoms with Crippen LogP contribution in [0.2, 0.25) is 0 Å². The van der Waals surface area contributed by atoms with Crippen LogP contribution in [0.5, 0.6) is 5.75 Å². The van der Waals surface area contributed by atoms with Crippen molar-refractivity contribution in [3.8, 4) is 5.75 Å². The standard InChI is InChI=1S/C25H31FN2O3S2/c1-5-7-11-19-16-28(18-12-9-8-10-13-18)21-14-24(32-4)22(15-23(21)33-27(19)3)31-17-20(26)25(29)30-6-2/h8-10,12-15,17,19H,5-7,11,16H2,1-4H3/b20-17-. The number of benzene rings is 2. The van der Waals surface area contributed by atoms with E-state index in [0.717, 1.165) is 53.2 Å². The molecule has 0 saturated carbocycles. The molecule has 1 aliphatic heterocycles. The van der Waals surface area contributed by atoms with E-state index in [9.17, 15) is 9.18 Å². The Kier molecular flexibility index (Phi) is 9.52. The van der Waals surface area contributed by atoms with Gasteiger partial charge in [0.25, 0.3) is 0 Å². The molecular weight excluding hydrogens is 459 g/mol. The van der Waals surface area contributed by atoms with E-state index in [0.29, 0.717) is 11.8 Å². The number of esters is 1. The quantitative estimate of drug-likeness (QED) is 0.126. The fourth-order valence-electron chi connectivity index (χ4n) is 3.65. The van der Waals surface area contributed by atoms with Crippen LogP contribution in [0.1, 0.15) is 33.1 Å². The maximum atomic E-state index is 14.1. The van der Waals surface area contributed by atoms with Crippen LogP contribution in [0.25, 0.3) is 0 Å². The fraction of sp³-hybridized carbons (Fsp3) is 0.400. The van der Waals surface area contributed by atoms with Gasteiger partial charge in [-0.15, -0.1) is 11.8 Å². The van der Waals surface area contributed by atoms with Crippen LogP contribution in [-0.4, -0.2) is 42.8 Å². The lowest BCUT2D eigenvalue weighted by molar-refractivity contribution is -0.140. The molecule has 8 heteroatoms. The summed E-state index contributed by atoms with van der Waals surface area (Å²) in [6.07, 6.45) is 6.19. The Morgan fingerprint density at radius 1 is 1.27 bits per heavy atom. The second kappa shape index (κ2) is 12.3. The number of hydrogen-bond donors (Lipinski definition) is 0. The number of ether oxygens (including phenoxy) is 2. The highest BCUT2D eigenvalue weighted by molar-refractivity contribution is 7.98. The molecule has 1 heterocycles. The van der Waals surface area contributed by atoms with Gasteiger partial charge in [0.2, 0.25) is 5.83 Å². The van der Waals surface area contributed by atoms with Crippen LogP contribution >= 0.6 is 23.7 Å². The summed E-state index contributed by atoms with van der Waals surface area (Å²) in [5.41, 5.74) is 2.22. The van der Waals surface area contributed by atoms with Crippen molar-refractivity contribution in [2.24, 2.45) is 0 Å². The largest absolute Gasteiger partial charge is 0.461 e. The van der Waals surface area contributed by atoms with Gasteiger partial charge in [0.1, 0.15) is 12.0 Å². The Balaban J connectivity index is 2.01. The minimum Gasteiger partial charge on any atom is -0.461 e.